The molecule has 41 heavy (non-hydrogen) atoms. The maximum atomic E-state index is 11.7. The summed E-state index contributed by atoms with van der Waals surface area (Å²) < 4.78 is 38.9. The summed E-state index contributed by atoms with van der Waals surface area (Å²) in [7, 11) is 3.35. The summed E-state index contributed by atoms with van der Waals surface area (Å²) in [4.78, 5) is 25.2. The second-order valence-corrected chi connectivity index (χ2v) is 11.0. The van der Waals surface area contributed by atoms with E-state index in [1.165, 1.54) is 58.7 Å². The Bertz CT molecular complexity index is 1210. The molecule has 2 aliphatic heterocycles. The average molecular weight is 583 g/mol. The van der Waals surface area contributed by atoms with Crippen molar-refractivity contribution in [3.63, 3.8) is 0 Å². The molecule has 0 radical (unpaired) electrons. The van der Waals surface area contributed by atoms with E-state index >= 15 is 0 Å². The van der Waals surface area contributed by atoms with Crippen molar-refractivity contribution in [2.24, 2.45) is 12.5 Å². The smallest absolute Gasteiger partial charge is 0.490 e. The standard InChI is InChI=1S/C25H36N6O3.C2HF3O2/c1-28-18-19(17-27-28)21-15-23(31(32)33)24(34-2)16-22(21)30-13-11-29(12-14-30)20-3-5-25(6-4-20)7-9-26-10-8-25;3-2(4,5)1(6)7/h15-18,20,26H,3-14H2,1-2H3;(H,6,7). The number of carbonyl (C=O) groups is 1. The third-order valence-electron chi connectivity index (χ3n) is 8.60. The molecule has 1 aliphatic carbocycles. The van der Waals surface area contributed by atoms with E-state index in [1.54, 1.807) is 16.9 Å². The molecule has 1 aromatic heterocycles. The zero-order valence-corrected chi connectivity index (χ0v) is 23.3. The third kappa shape index (κ3) is 7.28. The predicted molar refractivity (Wildman–Crippen MR) is 146 cm³/mol. The van der Waals surface area contributed by atoms with E-state index in [4.69, 9.17) is 14.6 Å². The van der Waals surface area contributed by atoms with Gasteiger partial charge in [0.15, 0.2) is 5.75 Å². The number of anilines is 1. The van der Waals surface area contributed by atoms with Gasteiger partial charge in [-0.05, 0) is 57.0 Å². The zero-order valence-electron chi connectivity index (χ0n) is 23.3. The van der Waals surface area contributed by atoms with E-state index in [9.17, 15) is 23.3 Å². The molecule has 2 N–H and O–H groups in total. The molecule has 3 heterocycles. The van der Waals surface area contributed by atoms with Crippen molar-refractivity contribution in [1.82, 2.24) is 20.0 Å². The zero-order chi connectivity index (χ0) is 29.8. The lowest BCUT2D eigenvalue weighted by Gasteiger charge is -2.47. The molecule has 0 unspecified atom stereocenters. The van der Waals surface area contributed by atoms with Crippen molar-refractivity contribution >= 4 is 17.3 Å². The highest BCUT2D eigenvalue weighted by atomic mass is 19.4. The number of nitro groups is 1. The summed E-state index contributed by atoms with van der Waals surface area (Å²) in [6, 6.07) is 4.15. The Kier molecular flexibility index (Phi) is 9.42. The summed E-state index contributed by atoms with van der Waals surface area (Å²) in [5.74, 6) is -2.46. The normalized spacial score (nSPS) is 19.9. The SMILES string of the molecule is COc1cc(N2CCN(C3CCC4(CCNCC4)CC3)CC2)c(-c2cnn(C)c2)cc1[N+](=O)[O-].O=C(O)C(F)(F)F. The van der Waals surface area contributed by atoms with Crippen LogP contribution in [0.1, 0.15) is 38.5 Å². The van der Waals surface area contributed by atoms with Crippen LogP contribution in [-0.2, 0) is 11.8 Å². The molecule has 1 saturated carbocycles. The van der Waals surface area contributed by atoms with E-state index in [1.807, 2.05) is 19.3 Å². The first-order valence-electron chi connectivity index (χ1n) is 13.8. The van der Waals surface area contributed by atoms with E-state index in [0.29, 0.717) is 17.2 Å². The van der Waals surface area contributed by atoms with Crippen LogP contribution in [0.2, 0.25) is 0 Å². The molecule has 3 fully saturated rings. The number of carboxylic acids is 1. The van der Waals surface area contributed by atoms with Crippen LogP contribution in [0.15, 0.2) is 24.5 Å². The van der Waals surface area contributed by atoms with Crippen LogP contribution in [0, 0.1) is 15.5 Å². The van der Waals surface area contributed by atoms with Crippen LogP contribution >= 0.6 is 0 Å². The van der Waals surface area contributed by atoms with Crippen molar-refractivity contribution < 1.29 is 32.7 Å². The Morgan fingerprint density at radius 1 is 1.15 bits per heavy atom. The van der Waals surface area contributed by atoms with Crippen molar-refractivity contribution in [1.29, 1.82) is 0 Å². The number of piperazine rings is 1. The lowest BCUT2D eigenvalue weighted by Crippen LogP contribution is -2.52. The number of piperidine rings is 1. The molecule has 5 rings (SSSR count). The topological polar surface area (TPSA) is 126 Å². The minimum atomic E-state index is -5.08. The number of nitrogens with one attached hydrogen (secondary N) is 1. The number of hydrogen-bond donors (Lipinski definition) is 2. The van der Waals surface area contributed by atoms with Gasteiger partial charge in [0.1, 0.15) is 0 Å². The van der Waals surface area contributed by atoms with Crippen LogP contribution in [0.3, 0.4) is 0 Å². The molecule has 1 spiro atoms. The van der Waals surface area contributed by atoms with Crippen molar-refractivity contribution in [3.05, 3.63) is 34.6 Å². The summed E-state index contributed by atoms with van der Waals surface area (Å²) in [6.07, 6.45) is 6.63. The van der Waals surface area contributed by atoms with Gasteiger partial charge in [0.25, 0.3) is 0 Å². The van der Waals surface area contributed by atoms with Crippen LogP contribution < -0.4 is 15.0 Å². The van der Waals surface area contributed by atoms with Gasteiger partial charge >= 0.3 is 17.8 Å². The molecular formula is C27H37F3N6O5. The maximum Gasteiger partial charge on any atom is 0.490 e. The first kappa shape index (κ1) is 30.6. The molecule has 2 aromatic rings. The number of benzene rings is 1. The van der Waals surface area contributed by atoms with Gasteiger partial charge in [-0.15, -0.1) is 0 Å². The summed E-state index contributed by atoms with van der Waals surface area (Å²) in [5.41, 5.74) is 3.27. The lowest BCUT2D eigenvalue weighted by atomic mass is 9.67. The van der Waals surface area contributed by atoms with Crippen LogP contribution in [0.5, 0.6) is 5.75 Å². The van der Waals surface area contributed by atoms with E-state index < -0.39 is 12.1 Å². The number of nitrogens with zero attached hydrogens (tertiary/aromatic N) is 5. The Labute approximate surface area is 236 Å². The molecule has 226 valence electrons. The Morgan fingerprint density at radius 2 is 1.76 bits per heavy atom. The van der Waals surface area contributed by atoms with E-state index in [-0.39, 0.29) is 10.6 Å². The monoisotopic (exact) mass is 582 g/mol. The molecule has 14 heteroatoms. The summed E-state index contributed by atoms with van der Waals surface area (Å²) in [6.45, 7) is 6.21. The van der Waals surface area contributed by atoms with Gasteiger partial charge < -0.3 is 20.1 Å². The van der Waals surface area contributed by atoms with Gasteiger partial charge in [-0.25, -0.2) is 4.79 Å². The second-order valence-electron chi connectivity index (χ2n) is 11.0. The number of hydrogen-bond acceptors (Lipinski definition) is 8. The quantitative estimate of drug-likeness (QED) is 0.396. The molecular weight excluding hydrogens is 545 g/mol. The van der Waals surface area contributed by atoms with Crippen molar-refractivity contribution in [2.75, 3.05) is 51.3 Å². The van der Waals surface area contributed by atoms with Gasteiger partial charge in [0.2, 0.25) is 0 Å². The summed E-state index contributed by atoms with van der Waals surface area (Å²) >= 11 is 0. The van der Waals surface area contributed by atoms with Gasteiger partial charge in [0.05, 0.1) is 18.2 Å². The first-order chi connectivity index (χ1) is 19.4. The number of rotatable bonds is 5. The Hall–Kier alpha value is -3.39. The molecule has 0 atom stereocenters. The number of ether oxygens (including phenoxy) is 1. The fourth-order valence-electron chi connectivity index (χ4n) is 6.28. The Balaban J connectivity index is 0.000000493. The number of halogens is 3. The third-order valence-corrected chi connectivity index (χ3v) is 8.60. The van der Waals surface area contributed by atoms with E-state index in [2.05, 4.69) is 20.2 Å². The molecule has 11 nitrogen and oxygen atoms in total. The minimum Gasteiger partial charge on any atom is -0.490 e. The number of alkyl halides is 3. The van der Waals surface area contributed by atoms with Crippen molar-refractivity contribution in [3.8, 4) is 16.9 Å². The highest BCUT2D eigenvalue weighted by molar-refractivity contribution is 5.82. The average Bonchev–Trinajstić information content (AvgIpc) is 3.39. The van der Waals surface area contributed by atoms with Crippen LogP contribution in [-0.4, -0.2) is 89.3 Å². The van der Waals surface area contributed by atoms with Crippen LogP contribution in [0.25, 0.3) is 11.1 Å². The maximum absolute atomic E-state index is 11.7. The molecule has 3 aliphatic rings. The number of nitro benzene ring substituents is 1. The van der Waals surface area contributed by atoms with Gasteiger partial charge in [-0.3, -0.25) is 19.7 Å². The number of aliphatic carboxylic acids is 1. The highest BCUT2D eigenvalue weighted by Gasteiger charge is 2.39. The largest absolute Gasteiger partial charge is 0.490 e. The lowest BCUT2D eigenvalue weighted by molar-refractivity contribution is -0.385. The molecule has 2 saturated heterocycles. The van der Waals surface area contributed by atoms with Crippen molar-refractivity contribution in [2.45, 2.75) is 50.7 Å². The van der Waals surface area contributed by atoms with Gasteiger partial charge in [-0.2, -0.15) is 18.3 Å². The van der Waals surface area contributed by atoms with Gasteiger partial charge in [0, 0.05) is 74.4 Å². The number of aromatic nitrogens is 2. The molecule has 0 bridgehead atoms. The van der Waals surface area contributed by atoms with E-state index in [0.717, 1.165) is 43.0 Å². The number of aryl methyl sites for hydroxylation is 1. The van der Waals surface area contributed by atoms with Gasteiger partial charge in [-0.1, -0.05) is 0 Å². The highest BCUT2D eigenvalue weighted by Crippen LogP contribution is 2.45. The minimum absolute atomic E-state index is 0.0159. The molecule has 0 amide bonds. The first-order valence-corrected chi connectivity index (χ1v) is 13.8. The second kappa shape index (κ2) is 12.6. The fraction of sp³-hybridized carbons (Fsp3) is 0.630. The molecule has 1 aromatic carbocycles. The summed E-state index contributed by atoms with van der Waals surface area (Å²) in [5, 5.41) is 26.6. The Morgan fingerprint density at radius 3 is 2.24 bits per heavy atom. The number of carboxylic acid groups (broad SMARTS) is 1. The fourth-order valence-corrected chi connectivity index (χ4v) is 6.28. The van der Waals surface area contributed by atoms with Crippen LogP contribution in [0.4, 0.5) is 24.5 Å². The predicted octanol–water partition coefficient (Wildman–Crippen LogP) is 4.07. The number of methoxy groups -OCH3 is 1.